The van der Waals surface area contributed by atoms with Gasteiger partial charge in [0.2, 0.25) is 0 Å². The van der Waals surface area contributed by atoms with Crippen molar-refractivity contribution in [1.82, 2.24) is 25.1 Å². The van der Waals surface area contributed by atoms with Crippen molar-refractivity contribution in [2.24, 2.45) is 0 Å². The summed E-state index contributed by atoms with van der Waals surface area (Å²) in [5, 5.41) is 17.4. The number of nitrogens with zero attached hydrogens (tertiary/aromatic N) is 5. The van der Waals surface area contributed by atoms with Crippen molar-refractivity contribution < 1.29 is 0 Å². The molecule has 0 aliphatic carbocycles. The van der Waals surface area contributed by atoms with Gasteiger partial charge in [0, 0.05) is 37.3 Å². The number of likely N-dealkylation sites (N-methyl/N-ethyl adjacent to an activating group) is 1. The van der Waals surface area contributed by atoms with Crippen LogP contribution < -0.4 is 4.90 Å². The Bertz CT molecular complexity index is 1190. The van der Waals surface area contributed by atoms with Gasteiger partial charge in [-0.25, -0.2) is 4.98 Å². The molecule has 0 amide bonds. The lowest BCUT2D eigenvalue weighted by Crippen LogP contribution is -2.46. The van der Waals surface area contributed by atoms with Crippen molar-refractivity contribution in [2.75, 3.05) is 37.6 Å². The van der Waals surface area contributed by atoms with Crippen molar-refractivity contribution in [2.45, 2.75) is 6.92 Å². The number of benzene rings is 2. The lowest BCUT2D eigenvalue weighted by atomic mass is 10.1. The highest BCUT2D eigenvalue weighted by Gasteiger charge is 2.17. The van der Waals surface area contributed by atoms with Gasteiger partial charge >= 0.3 is 0 Å². The zero-order valence-electron chi connectivity index (χ0n) is 15.7. The van der Waals surface area contributed by atoms with Crippen LogP contribution in [0.1, 0.15) is 12.5 Å². The first-order valence-corrected chi connectivity index (χ1v) is 9.61. The Balaban J connectivity index is 1.48. The number of nitriles is 1. The van der Waals surface area contributed by atoms with Crippen molar-refractivity contribution in [3.05, 3.63) is 42.0 Å². The van der Waals surface area contributed by atoms with Gasteiger partial charge in [0.05, 0.1) is 28.2 Å². The Morgan fingerprint density at radius 3 is 2.71 bits per heavy atom. The summed E-state index contributed by atoms with van der Waals surface area (Å²) in [4.78, 5) is 13.1. The van der Waals surface area contributed by atoms with Crippen molar-refractivity contribution in [3.8, 4) is 17.6 Å². The van der Waals surface area contributed by atoms with Crippen molar-refractivity contribution in [1.29, 1.82) is 5.26 Å². The van der Waals surface area contributed by atoms with Crippen LogP contribution in [0.4, 0.5) is 5.69 Å². The first kappa shape index (κ1) is 16.8. The molecule has 0 radical (unpaired) electrons. The second-order valence-corrected chi connectivity index (χ2v) is 7.15. The predicted octanol–water partition coefficient (Wildman–Crippen LogP) is 3.12. The SMILES string of the molecule is CCN1CCN(c2ccc3nc(-c4n[nH]c5cc(C#N)ccc45)[nH]c3c2)CC1. The Hall–Kier alpha value is -3.37. The van der Waals surface area contributed by atoms with E-state index < -0.39 is 0 Å². The molecule has 7 nitrogen and oxygen atoms in total. The molecule has 2 aromatic heterocycles. The van der Waals surface area contributed by atoms with Gasteiger partial charge in [-0.1, -0.05) is 6.92 Å². The molecule has 2 aromatic carbocycles. The topological polar surface area (TPSA) is 87.6 Å². The maximum absolute atomic E-state index is 9.07. The minimum atomic E-state index is 0.611. The van der Waals surface area contributed by atoms with Crippen LogP contribution in [0.5, 0.6) is 0 Å². The number of fused-ring (bicyclic) bond motifs is 2. The molecule has 5 rings (SSSR count). The summed E-state index contributed by atoms with van der Waals surface area (Å²) in [6.07, 6.45) is 0. The number of piperazine rings is 1. The lowest BCUT2D eigenvalue weighted by Gasteiger charge is -2.35. The highest BCUT2D eigenvalue weighted by molar-refractivity contribution is 5.94. The van der Waals surface area contributed by atoms with Crippen molar-refractivity contribution >= 4 is 27.6 Å². The van der Waals surface area contributed by atoms with Gasteiger partial charge in [-0.2, -0.15) is 10.4 Å². The van der Waals surface area contributed by atoms with E-state index in [4.69, 9.17) is 10.2 Å². The minimum Gasteiger partial charge on any atom is -0.369 e. The van der Waals surface area contributed by atoms with E-state index in [1.165, 1.54) is 5.69 Å². The third kappa shape index (κ3) is 2.79. The maximum Gasteiger partial charge on any atom is 0.159 e. The van der Waals surface area contributed by atoms with Crippen LogP contribution in [0.3, 0.4) is 0 Å². The van der Waals surface area contributed by atoms with E-state index in [1.807, 2.05) is 12.1 Å². The van der Waals surface area contributed by atoms with Crippen LogP contribution in [0.15, 0.2) is 36.4 Å². The monoisotopic (exact) mass is 371 g/mol. The summed E-state index contributed by atoms with van der Waals surface area (Å²) in [6.45, 7) is 7.63. The number of hydrogen-bond donors (Lipinski definition) is 2. The van der Waals surface area contributed by atoms with E-state index in [1.54, 1.807) is 6.07 Å². The molecule has 7 heteroatoms. The molecule has 0 atom stereocenters. The van der Waals surface area contributed by atoms with Gasteiger partial charge in [0.25, 0.3) is 0 Å². The summed E-state index contributed by atoms with van der Waals surface area (Å²) >= 11 is 0. The highest BCUT2D eigenvalue weighted by atomic mass is 15.3. The third-order valence-corrected chi connectivity index (χ3v) is 5.57. The van der Waals surface area contributed by atoms with Gasteiger partial charge in [-0.3, -0.25) is 5.10 Å². The Labute approximate surface area is 162 Å². The molecule has 4 aromatic rings. The van der Waals surface area contributed by atoms with Crippen LogP contribution >= 0.6 is 0 Å². The molecular weight excluding hydrogens is 350 g/mol. The number of aromatic amines is 2. The van der Waals surface area contributed by atoms with E-state index in [9.17, 15) is 0 Å². The fourth-order valence-corrected chi connectivity index (χ4v) is 3.90. The summed E-state index contributed by atoms with van der Waals surface area (Å²) in [5.74, 6) is 0.735. The largest absolute Gasteiger partial charge is 0.369 e. The number of hydrogen-bond acceptors (Lipinski definition) is 5. The zero-order chi connectivity index (χ0) is 19.1. The molecule has 0 unspecified atom stereocenters. The molecule has 1 aliphatic rings. The summed E-state index contributed by atoms with van der Waals surface area (Å²) < 4.78 is 0. The Morgan fingerprint density at radius 2 is 1.93 bits per heavy atom. The average Bonchev–Trinajstić information content (AvgIpc) is 3.36. The van der Waals surface area contributed by atoms with E-state index in [0.717, 1.165) is 66.2 Å². The fraction of sp³-hybridized carbons (Fsp3) is 0.286. The predicted molar refractivity (Wildman–Crippen MR) is 110 cm³/mol. The molecule has 3 heterocycles. The molecule has 0 bridgehead atoms. The zero-order valence-corrected chi connectivity index (χ0v) is 15.7. The summed E-state index contributed by atoms with van der Waals surface area (Å²) in [6, 6.07) is 14.1. The lowest BCUT2D eigenvalue weighted by molar-refractivity contribution is 0.271. The standard InChI is InChI=1S/C21H21N7/c1-2-27-7-9-28(10-8-27)15-4-6-17-19(12-15)24-21(23-17)20-16-5-3-14(13-22)11-18(16)25-26-20/h3-6,11-12H,2,7-10H2,1H3,(H,23,24)(H,25,26). The maximum atomic E-state index is 9.07. The summed E-state index contributed by atoms with van der Waals surface area (Å²) in [5.41, 5.74) is 5.38. The summed E-state index contributed by atoms with van der Waals surface area (Å²) in [7, 11) is 0. The van der Waals surface area contributed by atoms with Crippen LogP contribution in [-0.2, 0) is 0 Å². The van der Waals surface area contributed by atoms with Gasteiger partial charge in [0.1, 0.15) is 5.69 Å². The molecular formula is C21H21N7. The van der Waals surface area contributed by atoms with E-state index >= 15 is 0 Å². The second-order valence-electron chi connectivity index (χ2n) is 7.15. The van der Waals surface area contributed by atoms with Crippen LogP contribution in [-0.4, -0.2) is 57.8 Å². The minimum absolute atomic E-state index is 0.611. The van der Waals surface area contributed by atoms with Gasteiger partial charge in [-0.15, -0.1) is 0 Å². The van der Waals surface area contributed by atoms with Gasteiger partial charge < -0.3 is 14.8 Å². The molecule has 140 valence electrons. The highest BCUT2D eigenvalue weighted by Crippen LogP contribution is 2.28. The number of nitrogens with one attached hydrogen (secondary N) is 2. The first-order valence-electron chi connectivity index (χ1n) is 9.61. The van der Waals surface area contributed by atoms with E-state index in [0.29, 0.717) is 5.56 Å². The van der Waals surface area contributed by atoms with E-state index in [2.05, 4.69) is 56.2 Å². The van der Waals surface area contributed by atoms with Crippen LogP contribution in [0.2, 0.25) is 0 Å². The molecule has 0 spiro atoms. The number of H-pyrrole nitrogens is 2. The molecule has 0 saturated carbocycles. The normalized spacial score (nSPS) is 15.4. The number of imidazole rings is 1. The molecule has 28 heavy (non-hydrogen) atoms. The second kappa shape index (κ2) is 6.66. The third-order valence-electron chi connectivity index (χ3n) is 5.57. The van der Waals surface area contributed by atoms with Gasteiger partial charge in [0.15, 0.2) is 5.82 Å². The smallest absolute Gasteiger partial charge is 0.159 e. The number of rotatable bonds is 3. The molecule has 2 N–H and O–H groups in total. The molecule has 1 fully saturated rings. The van der Waals surface area contributed by atoms with Crippen LogP contribution in [0.25, 0.3) is 33.5 Å². The van der Waals surface area contributed by atoms with Gasteiger partial charge in [-0.05, 0) is 42.9 Å². The quantitative estimate of drug-likeness (QED) is 0.578. The fourth-order valence-electron chi connectivity index (χ4n) is 3.90. The Kier molecular flexibility index (Phi) is 3.99. The molecule has 1 saturated heterocycles. The Morgan fingerprint density at radius 1 is 1.07 bits per heavy atom. The average molecular weight is 371 g/mol. The van der Waals surface area contributed by atoms with E-state index in [-0.39, 0.29) is 0 Å². The van der Waals surface area contributed by atoms with Crippen LogP contribution in [0, 0.1) is 11.3 Å². The molecule has 1 aliphatic heterocycles. The number of anilines is 1. The first-order chi connectivity index (χ1) is 13.7. The number of aromatic nitrogens is 4. The van der Waals surface area contributed by atoms with Crippen molar-refractivity contribution in [3.63, 3.8) is 0 Å².